The summed E-state index contributed by atoms with van der Waals surface area (Å²) in [5.41, 5.74) is 1.85. The van der Waals surface area contributed by atoms with Gasteiger partial charge in [-0.25, -0.2) is 0 Å². The van der Waals surface area contributed by atoms with Gasteiger partial charge in [0, 0.05) is 12.6 Å². The Bertz CT molecular complexity index is 379. The predicted octanol–water partition coefficient (Wildman–Crippen LogP) is 3.88. The van der Waals surface area contributed by atoms with Gasteiger partial charge in [-0.3, -0.25) is 0 Å². The molecule has 1 aromatic rings. The Balaban J connectivity index is 1.81. The van der Waals surface area contributed by atoms with Crippen LogP contribution in [0.3, 0.4) is 0 Å². The number of hydrogen-bond acceptors (Lipinski definition) is 2. The topological polar surface area (TPSA) is 32.3 Å². The molecule has 106 valence electrons. The van der Waals surface area contributed by atoms with Gasteiger partial charge in [0.1, 0.15) is 5.75 Å². The first-order valence-electron chi connectivity index (χ1n) is 7.65. The van der Waals surface area contributed by atoms with E-state index in [4.69, 9.17) is 0 Å². The summed E-state index contributed by atoms with van der Waals surface area (Å²) in [5.74, 6) is 0.347. The van der Waals surface area contributed by atoms with Crippen LogP contribution < -0.4 is 5.32 Å². The van der Waals surface area contributed by atoms with Crippen molar-refractivity contribution in [2.75, 3.05) is 6.54 Å². The third-order valence-electron chi connectivity index (χ3n) is 4.72. The summed E-state index contributed by atoms with van der Waals surface area (Å²) in [5, 5.41) is 13.0. The van der Waals surface area contributed by atoms with E-state index in [0.717, 1.165) is 13.0 Å². The number of rotatable bonds is 6. The number of phenolic OH excluding ortho intramolecular Hbond substituents is 1. The van der Waals surface area contributed by atoms with Crippen LogP contribution in [0.5, 0.6) is 5.75 Å². The molecule has 19 heavy (non-hydrogen) atoms. The monoisotopic (exact) mass is 261 g/mol. The molecule has 0 radical (unpaired) electrons. The van der Waals surface area contributed by atoms with E-state index in [2.05, 4.69) is 19.2 Å². The fraction of sp³-hybridized carbons (Fsp3) is 0.647. The van der Waals surface area contributed by atoms with E-state index in [9.17, 15) is 5.11 Å². The van der Waals surface area contributed by atoms with Crippen LogP contribution >= 0.6 is 0 Å². The Kier molecular flexibility index (Phi) is 4.87. The molecular formula is C17H27NO. The molecular weight excluding hydrogens is 234 g/mol. The van der Waals surface area contributed by atoms with Gasteiger partial charge < -0.3 is 10.4 Å². The van der Waals surface area contributed by atoms with Gasteiger partial charge >= 0.3 is 0 Å². The molecule has 1 fully saturated rings. The Morgan fingerprint density at radius 2 is 1.84 bits per heavy atom. The average molecular weight is 261 g/mol. The zero-order chi connectivity index (χ0) is 13.7. The number of benzene rings is 1. The lowest BCUT2D eigenvalue weighted by Crippen LogP contribution is -2.37. The molecule has 2 rings (SSSR count). The standard InChI is InChI=1S/C17H27NO/c1-3-17(10-4-5-11-17)13-18-14(2)12-15-6-8-16(19)9-7-15/h6-9,14,18-19H,3-5,10-13H2,1-2H3. The second-order valence-corrected chi connectivity index (χ2v) is 6.21. The SMILES string of the molecule is CCC1(CNC(C)Cc2ccc(O)cc2)CCCC1. The molecule has 2 heteroatoms. The highest BCUT2D eigenvalue weighted by Crippen LogP contribution is 2.40. The molecule has 0 spiro atoms. The minimum Gasteiger partial charge on any atom is -0.508 e. The minimum absolute atomic E-state index is 0.347. The molecule has 2 nitrogen and oxygen atoms in total. The fourth-order valence-corrected chi connectivity index (χ4v) is 3.23. The first-order valence-corrected chi connectivity index (χ1v) is 7.65. The molecule has 1 saturated carbocycles. The van der Waals surface area contributed by atoms with E-state index in [-0.39, 0.29) is 0 Å². The highest BCUT2D eigenvalue weighted by molar-refractivity contribution is 5.26. The van der Waals surface area contributed by atoms with Crippen molar-refractivity contribution < 1.29 is 5.11 Å². The second kappa shape index (κ2) is 6.42. The van der Waals surface area contributed by atoms with Crippen LogP contribution in [0.15, 0.2) is 24.3 Å². The van der Waals surface area contributed by atoms with E-state index < -0.39 is 0 Å². The molecule has 0 heterocycles. The van der Waals surface area contributed by atoms with Gasteiger partial charge in [-0.05, 0) is 55.7 Å². The molecule has 0 aliphatic heterocycles. The highest BCUT2D eigenvalue weighted by Gasteiger charge is 2.31. The number of phenols is 1. The average Bonchev–Trinajstić information content (AvgIpc) is 2.89. The molecule has 1 aliphatic carbocycles. The van der Waals surface area contributed by atoms with Gasteiger partial charge in [0.05, 0.1) is 0 Å². The van der Waals surface area contributed by atoms with E-state index in [1.165, 1.54) is 37.7 Å². The quantitative estimate of drug-likeness (QED) is 0.814. The van der Waals surface area contributed by atoms with Crippen LogP contribution in [0.2, 0.25) is 0 Å². The summed E-state index contributed by atoms with van der Waals surface area (Å²) in [7, 11) is 0. The van der Waals surface area contributed by atoms with Crippen molar-refractivity contribution in [3.8, 4) is 5.75 Å². The maximum Gasteiger partial charge on any atom is 0.115 e. The molecule has 2 N–H and O–H groups in total. The minimum atomic E-state index is 0.347. The van der Waals surface area contributed by atoms with E-state index in [0.29, 0.717) is 17.2 Å². The highest BCUT2D eigenvalue weighted by atomic mass is 16.3. The molecule has 0 amide bonds. The summed E-state index contributed by atoms with van der Waals surface area (Å²) in [6.07, 6.45) is 7.92. The lowest BCUT2D eigenvalue weighted by molar-refractivity contribution is 0.258. The molecule has 0 aromatic heterocycles. The second-order valence-electron chi connectivity index (χ2n) is 6.21. The van der Waals surface area contributed by atoms with Crippen molar-refractivity contribution in [1.82, 2.24) is 5.32 Å². The Morgan fingerprint density at radius 3 is 2.42 bits per heavy atom. The van der Waals surface area contributed by atoms with Gasteiger partial charge in [0.15, 0.2) is 0 Å². The first-order chi connectivity index (χ1) is 9.13. The molecule has 0 bridgehead atoms. The number of nitrogens with one attached hydrogen (secondary N) is 1. The van der Waals surface area contributed by atoms with Crippen LogP contribution in [0, 0.1) is 5.41 Å². The maximum absolute atomic E-state index is 9.29. The largest absolute Gasteiger partial charge is 0.508 e. The smallest absolute Gasteiger partial charge is 0.115 e. The molecule has 1 aliphatic rings. The van der Waals surface area contributed by atoms with Crippen LogP contribution in [-0.4, -0.2) is 17.7 Å². The van der Waals surface area contributed by atoms with Crippen molar-refractivity contribution in [2.24, 2.45) is 5.41 Å². The third kappa shape index (κ3) is 3.97. The Labute approximate surface area is 117 Å². The first kappa shape index (κ1) is 14.4. The summed E-state index contributed by atoms with van der Waals surface area (Å²) >= 11 is 0. The summed E-state index contributed by atoms with van der Waals surface area (Å²) < 4.78 is 0. The molecule has 0 saturated heterocycles. The fourth-order valence-electron chi connectivity index (χ4n) is 3.23. The van der Waals surface area contributed by atoms with Crippen molar-refractivity contribution in [3.05, 3.63) is 29.8 Å². The molecule has 1 aromatic carbocycles. The number of aromatic hydroxyl groups is 1. The summed E-state index contributed by atoms with van der Waals surface area (Å²) in [6, 6.07) is 8.06. The molecule has 1 atom stereocenters. The van der Waals surface area contributed by atoms with Gasteiger partial charge in [-0.15, -0.1) is 0 Å². The lowest BCUT2D eigenvalue weighted by Gasteiger charge is -2.29. The van der Waals surface area contributed by atoms with Crippen LogP contribution in [0.4, 0.5) is 0 Å². The van der Waals surface area contributed by atoms with E-state index in [1.54, 1.807) is 12.1 Å². The van der Waals surface area contributed by atoms with Crippen molar-refractivity contribution in [1.29, 1.82) is 0 Å². The van der Waals surface area contributed by atoms with Gasteiger partial charge in [0.25, 0.3) is 0 Å². The summed E-state index contributed by atoms with van der Waals surface area (Å²) in [4.78, 5) is 0. The predicted molar refractivity (Wildman–Crippen MR) is 80.5 cm³/mol. The normalized spacial score (nSPS) is 19.5. The Hall–Kier alpha value is -1.02. The maximum atomic E-state index is 9.29. The van der Waals surface area contributed by atoms with E-state index in [1.807, 2.05) is 12.1 Å². The zero-order valence-corrected chi connectivity index (χ0v) is 12.3. The summed E-state index contributed by atoms with van der Waals surface area (Å²) in [6.45, 7) is 5.74. The van der Waals surface area contributed by atoms with E-state index >= 15 is 0 Å². The van der Waals surface area contributed by atoms with Crippen LogP contribution in [-0.2, 0) is 6.42 Å². The number of hydrogen-bond donors (Lipinski definition) is 2. The van der Waals surface area contributed by atoms with Gasteiger partial charge in [0.2, 0.25) is 0 Å². The lowest BCUT2D eigenvalue weighted by atomic mass is 9.83. The van der Waals surface area contributed by atoms with Crippen LogP contribution in [0.25, 0.3) is 0 Å². The van der Waals surface area contributed by atoms with Crippen LogP contribution in [0.1, 0.15) is 51.5 Å². The van der Waals surface area contributed by atoms with Crippen molar-refractivity contribution in [2.45, 2.75) is 58.4 Å². The van der Waals surface area contributed by atoms with Crippen molar-refractivity contribution >= 4 is 0 Å². The van der Waals surface area contributed by atoms with Gasteiger partial charge in [-0.1, -0.05) is 31.9 Å². The zero-order valence-electron chi connectivity index (χ0n) is 12.3. The molecule has 1 unspecified atom stereocenters. The third-order valence-corrected chi connectivity index (χ3v) is 4.72. The van der Waals surface area contributed by atoms with Gasteiger partial charge in [-0.2, -0.15) is 0 Å². The van der Waals surface area contributed by atoms with Crippen molar-refractivity contribution in [3.63, 3.8) is 0 Å². The Morgan fingerprint density at radius 1 is 1.21 bits per heavy atom.